The van der Waals surface area contributed by atoms with E-state index in [1.165, 1.54) is 68.1 Å². The molecule has 2 aliphatic heterocycles. The summed E-state index contributed by atoms with van der Waals surface area (Å²) in [7, 11) is 0. The molecule has 1 aliphatic carbocycles. The molecule has 1 aromatic heterocycles. The van der Waals surface area contributed by atoms with Crippen molar-refractivity contribution in [1.82, 2.24) is 15.2 Å². The lowest BCUT2D eigenvalue weighted by Crippen LogP contribution is -2.37. The van der Waals surface area contributed by atoms with Crippen LogP contribution in [0, 0.1) is 0 Å². The van der Waals surface area contributed by atoms with Crippen molar-refractivity contribution < 1.29 is 4.79 Å². The number of urea groups is 1. The van der Waals surface area contributed by atoms with Gasteiger partial charge in [-0.05, 0) is 81.3 Å². The highest BCUT2D eigenvalue weighted by atomic mass is 16.2. The number of piperidine rings is 1. The third-order valence-corrected chi connectivity index (χ3v) is 6.92. The Morgan fingerprint density at radius 3 is 2.85 bits per heavy atom. The van der Waals surface area contributed by atoms with Crippen LogP contribution in [0.1, 0.15) is 62.8 Å². The maximum atomic E-state index is 12.3. The second-order valence-electron chi connectivity index (χ2n) is 8.64. The van der Waals surface area contributed by atoms with Gasteiger partial charge >= 0.3 is 6.03 Å². The lowest BCUT2D eigenvalue weighted by Gasteiger charge is -2.34. The minimum absolute atomic E-state index is 0.0717. The number of benzene rings is 1. The standard InChI is InChI=1S/C22H30N4O/c27-22(24-16-4-1-2-5-16)25-17-7-8-21-19(13-17)20(14-23-21)15-9-11-26-10-3-6-18(26)12-15/h7-8,13-16,18,23H,1-6,9-12H2,(H2,24,25,27). The van der Waals surface area contributed by atoms with Crippen LogP contribution in [0.15, 0.2) is 24.4 Å². The van der Waals surface area contributed by atoms with E-state index in [4.69, 9.17) is 0 Å². The number of rotatable bonds is 3. The van der Waals surface area contributed by atoms with E-state index in [0.29, 0.717) is 12.0 Å². The molecule has 2 atom stereocenters. The molecule has 0 radical (unpaired) electrons. The van der Waals surface area contributed by atoms with Gasteiger partial charge in [0.05, 0.1) is 0 Å². The van der Waals surface area contributed by atoms with Crippen LogP contribution in [-0.4, -0.2) is 41.1 Å². The molecule has 2 saturated heterocycles. The molecule has 5 nitrogen and oxygen atoms in total. The number of anilines is 1. The zero-order valence-electron chi connectivity index (χ0n) is 16.0. The van der Waals surface area contributed by atoms with Gasteiger partial charge in [0.1, 0.15) is 0 Å². The van der Waals surface area contributed by atoms with Crippen LogP contribution in [0.3, 0.4) is 0 Å². The summed E-state index contributed by atoms with van der Waals surface area (Å²) in [5, 5.41) is 7.42. The van der Waals surface area contributed by atoms with Crippen molar-refractivity contribution in [2.75, 3.05) is 18.4 Å². The predicted octanol–water partition coefficient (Wildman–Crippen LogP) is 4.57. The van der Waals surface area contributed by atoms with Gasteiger partial charge in [-0.15, -0.1) is 0 Å². The average Bonchev–Trinajstić information content (AvgIpc) is 3.41. The molecule has 3 fully saturated rings. The van der Waals surface area contributed by atoms with Crippen LogP contribution < -0.4 is 10.6 Å². The summed E-state index contributed by atoms with van der Waals surface area (Å²) < 4.78 is 0. The largest absolute Gasteiger partial charge is 0.361 e. The Hall–Kier alpha value is -2.01. The normalized spacial score (nSPS) is 26.4. The Bertz CT molecular complexity index is 823. The first-order valence-electron chi connectivity index (χ1n) is 10.7. The molecular weight excluding hydrogens is 336 g/mol. The summed E-state index contributed by atoms with van der Waals surface area (Å²) in [4.78, 5) is 18.4. The average molecular weight is 367 g/mol. The van der Waals surface area contributed by atoms with Crippen molar-refractivity contribution >= 4 is 22.6 Å². The number of hydrogen-bond donors (Lipinski definition) is 3. The molecule has 0 spiro atoms. The number of fused-ring (bicyclic) bond motifs is 2. The molecule has 144 valence electrons. The number of nitrogens with zero attached hydrogens (tertiary/aromatic N) is 1. The summed E-state index contributed by atoms with van der Waals surface area (Å²) in [6.45, 7) is 2.51. The Balaban J connectivity index is 1.32. The van der Waals surface area contributed by atoms with Gasteiger partial charge in [0.25, 0.3) is 0 Å². The van der Waals surface area contributed by atoms with Crippen molar-refractivity contribution in [3.05, 3.63) is 30.0 Å². The maximum absolute atomic E-state index is 12.3. The van der Waals surface area contributed by atoms with Crippen LogP contribution in [0.2, 0.25) is 0 Å². The Morgan fingerprint density at radius 2 is 1.96 bits per heavy atom. The van der Waals surface area contributed by atoms with Crippen LogP contribution in [0.5, 0.6) is 0 Å². The minimum Gasteiger partial charge on any atom is -0.361 e. The molecule has 3 aliphatic rings. The van der Waals surface area contributed by atoms with Crippen molar-refractivity contribution in [3.8, 4) is 0 Å². The third-order valence-electron chi connectivity index (χ3n) is 6.92. The molecule has 5 heteroatoms. The van der Waals surface area contributed by atoms with Crippen LogP contribution >= 0.6 is 0 Å². The SMILES string of the molecule is O=C(Nc1ccc2[nH]cc(C3CCN4CCCC4C3)c2c1)NC1CCCC1. The summed E-state index contributed by atoms with van der Waals surface area (Å²) in [6.07, 6.45) is 12.1. The Morgan fingerprint density at radius 1 is 1.07 bits per heavy atom. The lowest BCUT2D eigenvalue weighted by molar-refractivity contribution is 0.181. The van der Waals surface area contributed by atoms with Crippen molar-refractivity contribution in [3.63, 3.8) is 0 Å². The zero-order chi connectivity index (χ0) is 18.2. The van der Waals surface area contributed by atoms with E-state index in [9.17, 15) is 4.79 Å². The Kier molecular flexibility index (Phi) is 4.56. The predicted molar refractivity (Wildman–Crippen MR) is 109 cm³/mol. The fraction of sp³-hybridized carbons (Fsp3) is 0.591. The van der Waals surface area contributed by atoms with Crippen LogP contribution in [-0.2, 0) is 0 Å². The van der Waals surface area contributed by atoms with Gasteiger partial charge < -0.3 is 20.5 Å². The van der Waals surface area contributed by atoms with Gasteiger partial charge in [0, 0.05) is 34.9 Å². The molecule has 1 aromatic carbocycles. The quantitative estimate of drug-likeness (QED) is 0.745. The summed E-state index contributed by atoms with van der Waals surface area (Å²) in [5.74, 6) is 0.626. The van der Waals surface area contributed by atoms with Crippen molar-refractivity contribution in [2.45, 2.75) is 69.4 Å². The molecule has 3 heterocycles. The monoisotopic (exact) mass is 366 g/mol. The first-order chi connectivity index (χ1) is 13.3. The van der Waals surface area contributed by atoms with Gasteiger partial charge in [-0.2, -0.15) is 0 Å². The van der Waals surface area contributed by atoms with Gasteiger partial charge in [-0.25, -0.2) is 4.79 Å². The number of amides is 2. The van der Waals surface area contributed by atoms with Gasteiger partial charge in [0.15, 0.2) is 0 Å². The van der Waals surface area contributed by atoms with E-state index < -0.39 is 0 Å². The number of carbonyl (C=O) groups excluding carboxylic acids is 1. The Labute approximate surface area is 160 Å². The minimum atomic E-state index is -0.0717. The van der Waals surface area contributed by atoms with E-state index in [-0.39, 0.29) is 6.03 Å². The molecule has 2 unspecified atom stereocenters. The fourth-order valence-corrected chi connectivity index (χ4v) is 5.49. The highest BCUT2D eigenvalue weighted by molar-refractivity contribution is 5.94. The van der Waals surface area contributed by atoms with Crippen LogP contribution in [0.4, 0.5) is 10.5 Å². The van der Waals surface area contributed by atoms with E-state index in [0.717, 1.165) is 24.6 Å². The number of aromatic amines is 1. The summed E-state index contributed by atoms with van der Waals surface area (Å²) >= 11 is 0. The molecule has 27 heavy (non-hydrogen) atoms. The second kappa shape index (κ2) is 7.19. The fourth-order valence-electron chi connectivity index (χ4n) is 5.49. The highest BCUT2D eigenvalue weighted by Crippen LogP contribution is 2.39. The number of hydrogen-bond acceptors (Lipinski definition) is 2. The van der Waals surface area contributed by atoms with Crippen molar-refractivity contribution in [1.29, 1.82) is 0 Å². The molecular formula is C22H30N4O. The molecule has 2 amide bonds. The van der Waals surface area contributed by atoms with Crippen LogP contribution in [0.25, 0.3) is 10.9 Å². The maximum Gasteiger partial charge on any atom is 0.319 e. The number of nitrogens with one attached hydrogen (secondary N) is 3. The number of H-pyrrole nitrogens is 1. The lowest BCUT2D eigenvalue weighted by atomic mass is 9.85. The van der Waals surface area contributed by atoms with E-state index in [2.05, 4.69) is 38.8 Å². The summed E-state index contributed by atoms with van der Waals surface area (Å²) in [5.41, 5.74) is 3.48. The van der Waals surface area contributed by atoms with E-state index in [1.807, 2.05) is 6.07 Å². The molecule has 2 aromatic rings. The molecule has 1 saturated carbocycles. The highest BCUT2D eigenvalue weighted by Gasteiger charge is 2.33. The van der Waals surface area contributed by atoms with E-state index >= 15 is 0 Å². The molecule has 3 N–H and O–H groups in total. The molecule has 5 rings (SSSR count). The zero-order valence-corrected chi connectivity index (χ0v) is 16.0. The number of carbonyl (C=O) groups is 1. The van der Waals surface area contributed by atoms with Gasteiger partial charge in [-0.3, -0.25) is 0 Å². The summed E-state index contributed by atoms with van der Waals surface area (Å²) in [6, 6.07) is 7.28. The molecule has 0 bridgehead atoms. The van der Waals surface area contributed by atoms with Crippen molar-refractivity contribution in [2.24, 2.45) is 0 Å². The van der Waals surface area contributed by atoms with Gasteiger partial charge in [0.2, 0.25) is 0 Å². The second-order valence-corrected chi connectivity index (χ2v) is 8.64. The smallest absolute Gasteiger partial charge is 0.319 e. The van der Waals surface area contributed by atoms with E-state index in [1.54, 1.807) is 0 Å². The first-order valence-corrected chi connectivity index (χ1v) is 10.7. The van der Waals surface area contributed by atoms with Gasteiger partial charge in [-0.1, -0.05) is 12.8 Å². The topological polar surface area (TPSA) is 60.2 Å². The first kappa shape index (κ1) is 17.1. The number of aromatic nitrogens is 1. The third kappa shape index (κ3) is 3.45.